The lowest BCUT2D eigenvalue weighted by Crippen LogP contribution is -2.05. The maximum atomic E-state index is 12.1. The first-order valence-electron chi connectivity index (χ1n) is 6.54. The number of benzene rings is 1. The quantitative estimate of drug-likeness (QED) is 0.510. The molecule has 0 saturated heterocycles. The first kappa shape index (κ1) is 14.9. The molecule has 0 aliphatic heterocycles. The fourth-order valence-corrected chi connectivity index (χ4v) is 2.82. The molecule has 2 aromatic heterocycles. The summed E-state index contributed by atoms with van der Waals surface area (Å²) in [5, 5.41) is 9.22. The van der Waals surface area contributed by atoms with Crippen LogP contribution in [-0.4, -0.2) is 26.3 Å². The van der Waals surface area contributed by atoms with Crippen LogP contribution in [0.15, 0.2) is 58.6 Å². The number of carbonyl (C=O) groups is 1. The second-order valence-corrected chi connectivity index (χ2v) is 5.92. The van der Waals surface area contributed by atoms with E-state index < -0.39 is 0 Å². The Labute approximate surface area is 136 Å². The number of carbonyl (C=O) groups excluding carboxylic acids is 1. The number of halogens is 1. The molecule has 3 aromatic rings. The van der Waals surface area contributed by atoms with Crippen LogP contribution in [0.2, 0.25) is 5.02 Å². The number of thioether (sulfide) groups is 1. The second-order valence-electron chi connectivity index (χ2n) is 4.54. The third kappa shape index (κ3) is 3.58. The van der Waals surface area contributed by atoms with E-state index in [0.717, 1.165) is 5.76 Å². The zero-order valence-electron chi connectivity index (χ0n) is 11.5. The van der Waals surface area contributed by atoms with Crippen LogP contribution in [0.3, 0.4) is 0 Å². The van der Waals surface area contributed by atoms with Crippen LogP contribution in [0.1, 0.15) is 16.1 Å². The van der Waals surface area contributed by atoms with Gasteiger partial charge in [-0.25, -0.2) is 0 Å². The third-order valence-electron chi connectivity index (χ3n) is 2.98. The van der Waals surface area contributed by atoms with Crippen LogP contribution in [-0.2, 0) is 6.54 Å². The summed E-state index contributed by atoms with van der Waals surface area (Å²) in [5.41, 5.74) is 0.633. The molecule has 1 aromatic carbocycles. The predicted octanol–water partition coefficient (Wildman–Crippen LogP) is 3.55. The van der Waals surface area contributed by atoms with Crippen molar-refractivity contribution in [1.29, 1.82) is 0 Å². The topological polar surface area (TPSA) is 60.9 Å². The van der Waals surface area contributed by atoms with Crippen molar-refractivity contribution in [2.75, 3.05) is 5.75 Å². The lowest BCUT2D eigenvalue weighted by molar-refractivity contribution is 0.102. The van der Waals surface area contributed by atoms with E-state index in [1.807, 2.05) is 16.7 Å². The van der Waals surface area contributed by atoms with Gasteiger partial charge in [0.15, 0.2) is 10.9 Å². The minimum absolute atomic E-state index is 0.0224. The van der Waals surface area contributed by atoms with Gasteiger partial charge in [0.05, 0.1) is 18.6 Å². The van der Waals surface area contributed by atoms with Crippen LogP contribution in [0.4, 0.5) is 0 Å². The highest BCUT2D eigenvalue weighted by atomic mass is 35.5. The Morgan fingerprint density at radius 2 is 2.09 bits per heavy atom. The van der Waals surface area contributed by atoms with E-state index in [9.17, 15) is 4.79 Å². The average Bonchev–Trinajstić information content (AvgIpc) is 3.18. The first-order chi connectivity index (χ1) is 10.7. The number of ketones is 1. The summed E-state index contributed by atoms with van der Waals surface area (Å²) in [7, 11) is 0. The van der Waals surface area contributed by atoms with Gasteiger partial charge < -0.3 is 8.98 Å². The number of nitrogens with zero attached hydrogens (tertiary/aromatic N) is 3. The Bertz CT molecular complexity index is 753. The van der Waals surface area contributed by atoms with Crippen LogP contribution in [0, 0.1) is 0 Å². The summed E-state index contributed by atoms with van der Waals surface area (Å²) in [4.78, 5) is 12.1. The summed E-state index contributed by atoms with van der Waals surface area (Å²) in [6.45, 7) is 0.539. The molecule has 0 fully saturated rings. The SMILES string of the molecule is O=C(CSc1nncn1Cc1ccco1)c1ccc(Cl)cc1. The van der Waals surface area contributed by atoms with E-state index in [1.165, 1.54) is 11.8 Å². The number of hydrogen-bond donors (Lipinski definition) is 0. The normalized spacial score (nSPS) is 10.8. The van der Waals surface area contributed by atoms with E-state index in [2.05, 4.69) is 10.2 Å². The van der Waals surface area contributed by atoms with Gasteiger partial charge in [0.25, 0.3) is 0 Å². The van der Waals surface area contributed by atoms with Gasteiger partial charge in [-0.05, 0) is 36.4 Å². The third-order valence-corrected chi connectivity index (χ3v) is 4.22. The first-order valence-corrected chi connectivity index (χ1v) is 7.90. The lowest BCUT2D eigenvalue weighted by atomic mass is 10.1. The zero-order valence-corrected chi connectivity index (χ0v) is 13.0. The van der Waals surface area contributed by atoms with Crippen LogP contribution >= 0.6 is 23.4 Å². The van der Waals surface area contributed by atoms with E-state index in [-0.39, 0.29) is 5.78 Å². The Morgan fingerprint density at radius 3 is 2.82 bits per heavy atom. The number of hydrogen-bond acceptors (Lipinski definition) is 5. The number of Topliss-reactive ketones (excluding diaryl/α,β-unsaturated/α-hetero) is 1. The molecule has 0 aliphatic rings. The molecule has 2 heterocycles. The van der Waals surface area contributed by atoms with Crippen molar-refractivity contribution in [3.8, 4) is 0 Å². The van der Waals surface area contributed by atoms with Crippen molar-refractivity contribution in [3.05, 3.63) is 65.3 Å². The molecule has 0 aliphatic carbocycles. The van der Waals surface area contributed by atoms with Crippen molar-refractivity contribution in [2.24, 2.45) is 0 Å². The van der Waals surface area contributed by atoms with Gasteiger partial charge in [0, 0.05) is 10.6 Å². The Kier molecular flexibility index (Phi) is 4.60. The van der Waals surface area contributed by atoms with Gasteiger partial charge in [-0.2, -0.15) is 0 Å². The Hall–Kier alpha value is -2.05. The fraction of sp³-hybridized carbons (Fsp3) is 0.133. The summed E-state index contributed by atoms with van der Waals surface area (Å²) >= 11 is 7.16. The number of furan rings is 1. The van der Waals surface area contributed by atoms with Crippen molar-refractivity contribution in [1.82, 2.24) is 14.8 Å². The monoisotopic (exact) mass is 333 g/mol. The largest absolute Gasteiger partial charge is 0.467 e. The van der Waals surface area contributed by atoms with Crippen LogP contribution in [0.25, 0.3) is 0 Å². The van der Waals surface area contributed by atoms with Gasteiger partial charge in [0.2, 0.25) is 0 Å². The van der Waals surface area contributed by atoms with Crippen LogP contribution < -0.4 is 0 Å². The molecule has 0 atom stereocenters. The van der Waals surface area contributed by atoms with Crippen molar-refractivity contribution in [3.63, 3.8) is 0 Å². The highest BCUT2D eigenvalue weighted by Gasteiger charge is 2.11. The maximum absolute atomic E-state index is 12.1. The molecule has 22 heavy (non-hydrogen) atoms. The minimum atomic E-state index is 0.0224. The number of aromatic nitrogens is 3. The van der Waals surface area contributed by atoms with Crippen molar-refractivity contribution < 1.29 is 9.21 Å². The molecular weight excluding hydrogens is 322 g/mol. The van der Waals surface area contributed by atoms with Crippen LogP contribution in [0.5, 0.6) is 0 Å². The summed E-state index contributed by atoms with van der Waals surface area (Å²) in [6, 6.07) is 10.6. The molecule has 0 spiro atoms. The number of rotatable bonds is 6. The maximum Gasteiger partial charge on any atom is 0.191 e. The Morgan fingerprint density at radius 1 is 1.27 bits per heavy atom. The Balaban J connectivity index is 1.63. The highest BCUT2D eigenvalue weighted by Crippen LogP contribution is 2.19. The van der Waals surface area contributed by atoms with Gasteiger partial charge in [-0.3, -0.25) is 4.79 Å². The predicted molar refractivity (Wildman–Crippen MR) is 84.3 cm³/mol. The van der Waals surface area contributed by atoms with Gasteiger partial charge in [-0.15, -0.1) is 10.2 Å². The molecule has 0 radical (unpaired) electrons. The van der Waals surface area contributed by atoms with Gasteiger partial charge in [0.1, 0.15) is 12.1 Å². The van der Waals surface area contributed by atoms with E-state index in [1.54, 1.807) is 36.9 Å². The molecule has 0 unspecified atom stereocenters. The highest BCUT2D eigenvalue weighted by molar-refractivity contribution is 7.99. The van der Waals surface area contributed by atoms with Gasteiger partial charge in [-0.1, -0.05) is 23.4 Å². The lowest BCUT2D eigenvalue weighted by Gasteiger charge is -2.04. The summed E-state index contributed by atoms with van der Waals surface area (Å²) in [6.07, 6.45) is 3.24. The second kappa shape index (κ2) is 6.81. The molecule has 0 bridgehead atoms. The van der Waals surface area contributed by atoms with Gasteiger partial charge >= 0.3 is 0 Å². The van der Waals surface area contributed by atoms with E-state index in [4.69, 9.17) is 16.0 Å². The smallest absolute Gasteiger partial charge is 0.191 e. The molecule has 3 rings (SSSR count). The summed E-state index contributed by atoms with van der Waals surface area (Å²) in [5.74, 6) is 1.12. The molecule has 0 saturated carbocycles. The average molecular weight is 334 g/mol. The molecule has 0 N–H and O–H groups in total. The minimum Gasteiger partial charge on any atom is -0.467 e. The zero-order chi connectivity index (χ0) is 15.4. The molecule has 0 amide bonds. The molecule has 112 valence electrons. The van der Waals surface area contributed by atoms with E-state index in [0.29, 0.717) is 28.0 Å². The molecular formula is C15H12ClN3O2S. The van der Waals surface area contributed by atoms with Crippen molar-refractivity contribution >= 4 is 29.1 Å². The van der Waals surface area contributed by atoms with E-state index >= 15 is 0 Å². The molecule has 5 nitrogen and oxygen atoms in total. The molecule has 7 heteroatoms. The fourth-order valence-electron chi connectivity index (χ4n) is 1.88. The summed E-state index contributed by atoms with van der Waals surface area (Å²) < 4.78 is 7.15. The standard InChI is InChI=1S/C15H12ClN3O2S/c16-12-5-3-11(4-6-12)14(20)9-22-15-18-17-10-19(15)8-13-2-1-7-21-13/h1-7,10H,8-9H2. The van der Waals surface area contributed by atoms with Crippen molar-refractivity contribution in [2.45, 2.75) is 11.7 Å².